The first-order chi connectivity index (χ1) is 10.0. The van der Waals surface area contributed by atoms with Crippen molar-refractivity contribution in [3.8, 4) is 0 Å². The van der Waals surface area contributed by atoms with E-state index in [9.17, 15) is 8.42 Å². The normalized spacial score (nSPS) is 11.7. The van der Waals surface area contributed by atoms with Crippen LogP contribution in [0.2, 0.25) is 0 Å². The van der Waals surface area contributed by atoms with Gasteiger partial charge in [0, 0.05) is 6.54 Å². The molecule has 0 fully saturated rings. The van der Waals surface area contributed by atoms with E-state index in [-0.39, 0.29) is 4.90 Å². The maximum atomic E-state index is 11.3. The van der Waals surface area contributed by atoms with Gasteiger partial charge in [-0.3, -0.25) is 0 Å². The Hall–Kier alpha value is -2.38. The van der Waals surface area contributed by atoms with Gasteiger partial charge in [0.05, 0.1) is 4.90 Å². The third-order valence-electron chi connectivity index (χ3n) is 2.96. The van der Waals surface area contributed by atoms with Crippen LogP contribution in [0.4, 0.5) is 6.01 Å². The predicted molar refractivity (Wildman–Crippen MR) is 79.2 cm³/mol. The Morgan fingerprint density at radius 1 is 1.14 bits per heavy atom. The molecule has 7 heteroatoms. The van der Waals surface area contributed by atoms with Crippen LogP contribution in [-0.2, 0) is 16.6 Å². The number of hydrogen-bond donors (Lipinski definition) is 2. The fourth-order valence-electron chi connectivity index (χ4n) is 1.96. The van der Waals surface area contributed by atoms with Crippen molar-refractivity contribution in [3.63, 3.8) is 0 Å². The quantitative estimate of drug-likeness (QED) is 0.769. The lowest BCUT2D eigenvalue weighted by Crippen LogP contribution is -2.12. The Bertz CT molecular complexity index is 854. The molecule has 0 spiro atoms. The summed E-state index contributed by atoms with van der Waals surface area (Å²) in [4.78, 5) is 4.36. The number of nitrogens with one attached hydrogen (secondary N) is 1. The van der Waals surface area contributed by atoms with Crippen molar-refractivity contribution in [1.29, 1.82) is 0 Å². The number of oxazole rings is 1. The van der Waals surface area contributed by atoms with E-state index in [2.05, 4.69) is 10.3 Å². The van der Waals surface area contributed by atoms with Crippen molar-refractivity contribution in [3.05, 3.63) is 54.1 Å². The van der Waals surface area contributed by atoms with Crippen LogP contribution in [0.1, 0.15) is 5.56 Å². The standard InChI is InChI=1S/C14H13N3O3S/c15-21(18,19)11-5-3-4-10(8-11)9-16-14-17-12-6-1-2-7-13(12)20-14/h1-8H,9H2,(H,16,17)(H2,15,18,19). The minimum atomic E-state index is -3.70. The van der Waals surface area contributed by atoms with Crippen molar-refractivity contribution in [2.75, 3.05) is 5.32 Å². The number of rotatable bonds is 4. The highest BCUT2D eigenvalue weighted by Gasteiger charge is 2.09. The van der Waals surface area contributed by atoms with E-state index in [0.717, 1.165) is 11.1 Å². The van der Waals surface area contributed by atoms with E-state index in [1.54, 1.807) is 12.1 Å². The maximum Gasteiger partial charge on any atom is 0.295 e. The van der Waals surface area contributed by atoms with Crippen molar-refractivity contribution in [1.82, 2.24) is 4.98 Å². The average Bonchev–Trinajstić information content (AvgIpc) is 2.87. The lowest BCUT2D eigenvalue weighted by molar-refractivity contribution is 0.597. The number of sulfonamides is 1. The molecule has 3 rings (SSSR count). The molecule has 0 bridgehead atoms. The maximum absolute atomic E-state index is 11.3. The monoisotopic (exact) mass is 303 g/mol. The first kappa shape index (κ1) is 13.6. The van der Waals surface area contributed by atoms with E-state index in [4.69, 9.17) is 9.56 Å². The molecule has 21 heavy (non-hydrogen) atoms. The molecule has 3 aromatic rings. The summed E-state index contributed by atoms with van der Waals surface area (Å²) in [6.07, 6.45) is 0. The lowest BCUT2D eigenvalue weighted by atomic mass is 10.2. The van der Waals surface area contributed by atoms with Gasteiger partial charge in [-0.25, -0.2) is 13.6 Å². The molecule has 6 nitrogen and oxygen atoms in total. The van der Waals surface area contributed by atoms with Gasteiger partial charge in [0.25, 0.3) is 6.01 Å². The molecule has 0 saturated heterocycles. The number of para-hydroxylation sites is 2. The minimum Gasteiger partial charge on any atom is -0.424 e. The molecule has 108 valence electrons. The van der Waals surface area contributed by atoms with Gasteiger partial charge in [0.1, 0.15) is 5.52 Å². The number of fused-ring (bicyclic) bond motifs is 1. The molecule has 0 atom stereocenters. The van der Waals surface area contributed by atoms with Crippen molar-refractivity contribution in [2.24, 2.45) is 5.14 Å². The molecule has 0 aliphatic heterocycles. The zero-order chi connectivity index (χ0) is 14.9. The summed E-state index contributed by atoms with van der Waals surface area (Å²) < 4.78 is 28.1. The van der Waals surface area contributed by atoms with Crippen LogP contribution < -0.4 is 10.5 Å². The number of anilines is 1. The van der Waals surface area contributed by atoms with Gasteiger partial charge in [-0.2, -0.15) is 4.98 Å². The first-order valence-corrected chi connectivity index (χ1v) is 7.78. The second kappa shape index (κ2) is 5.19. The fraction of sp³-hybridized carbons (Fsp3) is 0.0714. The zero-order valence-corrected chi connectivity index (χ0v) is 11.8. The first-order valence-electron chi connectivity index (χ1n) is 6.23. The SMILES string of the molecule is NS(=O)(=O)c1cccc(CNc2nc3ccccc3o2)c1. The summed E-state index contributed by atoms with van der Waals surface area (Å²) in [5.41, 5.74) is 2.22. The topological polar surface area (TPSA) is 98.2 Å². The van der Waals surface area contributed by atoms with Gasteiger partial charge in [0.15, 0.2) is 5.58 Å². The summed E-state index contributed by atoms with van der Waals surface area (Å²) >= 11 is 0. The predicted octanol–water partition coefficient (Wildman–Crippen LogP) is 2.09. The van der Waals surface area contributed by atoms with Crippen LogP contribution in [0, 0.1) is 0 Å². The summed E-state index contributed by atoms with van der Waals surface area (Å²) in [5.74, 6) is 0. The highest BCUT2D eigenvalue weighted by atomic mass is 32.2. The van der Waals surface area contributed by atoms with Crippen LogP contribution in [0.15, 0.2) is 57.8 Å². The van der Waals surface area contributed by atoms with E-state index >= 15 is 0 Å². The Morgan fingerprint density at radius 3 is 2.71 bits per heavy atom. The number of benzene rings is 2. The summed E-state index contributed by atoms with van der Waals surface area (Å²) in [6.45, 7) is 0.385. The molecule has 0 saturated carbocycles. The van der Waals surface area contributed by atoms with Crippen molar-refractivity contribution < 1.29 is 12.8 Å². The van der Waals surface area contributed by atoms with Crippen LogP contribution >= 0.6 is 0 Å². The molecule has 2 aromatic carbocycles. The molecular weight excluding hydrogens is 290 g/mol. The van der Waals surface area contributed by atoms with Gasteiger partial charge < -0.3 is 9.73 Å². The second-order valence-electron chi connectivity index (χ2n) is 4.53. The molecule has 1 aromatic heterocycles. The summed E-state index contributed by atoms with van der Waals surface area (Å²) in [6, 6.07) is 14.2. The van der Waals surface area contributed by atoms with Crippen LogP contribution in [0.5, 0.6) is 0 Å². The van der Waals surface area contributed by atoms with Crippen LogP contribution in [-0.4, -0.2) is 13.4 Å². The highest BCUT2D eigenvalue weighted by molar-refractivity contribution is 7.89. The molecule has 1 heterocycles. The van der Waals surface area contributed by atoms with Crippen LogP contribution in [0.3, 0.4) is 0 Å². The third kappa shape index (κ3) is 3.04. The minimum absolute atomic E-state index is 0.0827. The molecular formula is C14H13N3O3S. The van der Waals surface area contributed by atoms with E-state index < -0.39 is 10.0 Å². The molecule has 0 unspecified atom stereocenters. The van der Waals surface area contributed by atoms with E-state index in [1.807, 2.05) is 24.3 Å². The van der Waals surface area contributed by atoms with Gasteiger partial charge >= 0.3 is 0 Å². The van der Waals surface area contributed by atoms with E-state index in [1.165, 1.54) is 12.1 Å². The lowest BCUT2D eigenvalue weighted by Gasteiger charge is -2.04. The second-order valence-corrected chi connectivity index (χ2v) is 6.09. The Morgan fingerprint density at radius 2 is 1.95 bits per heavy atom. The van der Waals surface area contributed by atoms with Gasteiger partial charge in [-0.15, -0.1) is 0 Å². The van der Waals surface area contributed by atoms with Crippen LogP contribution in [0.25, 0.3) is 11.1 Å². The molecule has 0 aliphatic carbocycles. The summed E-state index contributed by atoms with van der Waals surface area (Å²) in [7, 11) is -3.70. The number of aromatic nitrogens is 1. The summed E-state index contributed by atoms with van der Waals surface area (Å²) in [5, 5.41) is 8.12. The highest BCUT2D eigenvalue weighted by Crippen LogP contribution is 2.19. The Kier molecular flexibility index (Phi) is 3.36. The van der Waals surface area contributed by atoms with E-state index in [0.29, 0.717) is 18.1 Å². The van der Waals surface area contributed by atoms with Gasteiger partial charge in [-0.1, -0.05) is 24.3 Å². The Balaban J connectivity index is 1.78. The fourth-order valence-corrected chi connectivity index (χ4v) is 2.54. The molecule has 0 amide bonds. The number of primary sulfonamides is 1. The third-order valence-corrected chi connectivity index (χ3v) is 3.88. The van der Waals surface area contributed by atoms with Gasteiger partial charge in [-0.05, 0) is 29.8 Å². The number of nitrogens with zero attached hydrogens (tertiary/aromatic N) is 1. The van der Waals surface area contributed by atoms with Crippen molar-refractivity contribution >= 4 is 27.1 Å². The smallest absolute Gasteiger partial charge is 0.295 e. The van der Waals surface area contributed by atoms with Gasteiger partial charge in [0.2, 0.25) is 10.0 Å². The number of nitrogens with two attached hydrogens (primary N) is 1. The molecule has 0 aliphatic rings. The molecule has 3 N–H and O–H groups in total. The molecule has 0 radical (unpaired) electrons. The van der Waals surface area contributed by atoms with Crippen molar-refractivity contribution in [2.45, 2.75) is 11.4 Å². The largest absolute Gasteiger partial charge is 0.424 e. The number of hydrogen-bond acceptors (Lipinski definition) is 5. The Labute approximate surface area is 121 Å². The zero-order valence-electron chi connectivity index (χ0n) is 11.0. The average molecular weight is 303 g/mol.